The van der Waals surface area contributed by atoms with E-state index in [1.54, 1.807) is 0 Å². The Balaban J connectivity index is 2.00. The summed E-state index contributed by atoms with van der Waals surface area (Å²) >= 11 is 0. The number of rotatable bonds is 2. The van der Waals surface area contributed by atoms with E-state index >= 15 is 0 Å². The van der Waals surface area contributed by atoms with Crippen LogP contribution in [0.25, 0.3) is 0 Å². The highest BCUT2D eigenvalue weighted by Gasteiger charge is 2.57. The molecule has 1 N–H and O–H groups in total. The summed E-state index contributed by atoms with van der Waals surface area (Å²) in [6.45, 7) is 2.14. The van der Waals surface area contributed by atoms with Gasteiger partial charge in [-0.05, 0) is 49.1 Å². The molecule has 0 heterocycles. The molecule has 2 aliphatic rings. The molecule has 3 atom stereocenters. The number of fused-ring (bicyclic) bond motifs is 1. The van der Waals surface area contributed by atoms with Crippen molar-refractivity contribution in [3.05, 3.63) is 35.4 Å². The summed E-state index contributed by atoms with van der Waals surface area (Å²) in [7, 11) is 0. The zero-order valence-corrected chi connectivity index (χ0v) is 12.2. The van der Waals surface area contributed by atoms with Crippen molar-refractivity contribution in [3.63, 3.8) is 0 Å². The van der Waals surface area contributed by atoms with E-state index in [4.69, 9.17) is 0 Å². The van der Waals surface area contributed by atoms with Crippen molar-refractivity contribution in [1.82, 2.24) is 0 Å². The molecule has 3 unspecified atom stereocenters. The fraction of sp³-hybridized carbons (Fsp3) is 0.611. The van der Waals surface area contributed by atoms with Crippen LogP contribution >= 0.6 is 0 Å². The normalized spacial score (nSPS) is 36.4. The van der Waals surface area contributed by atoms with Crippen LogP contribution in [-0.2, 0) is 12.8 Å². The summed E-state index contributed by atoms with van der Waals surface area (Å²) < 4.78 is 0. The van der Waals surface area contributed by atoms with Gasteiger partial charge in [-0.2, -0.15) is 5.26 Å². The standard InChI is InChI=1S/C18H23NO/c1-2-16-8-5-10-18(16,20)17(13-19)11-9-14-6-3-4-7-15(14)12-17/h3-4,6-7,16,20H,2,5,8-12H2,1H3. The number of hydrogen-bond donors (Lipinski definition) is 1. The number of aryl methyl sites for hydroxylation is 1. The van der Waals surface area contributed by atoms with Crippen LogP contribution < -0.4 is 0 Å². The predicted octanol–water partition coefficient (Wildman–Crippen LogP) is 3.63. The van der Waals surface area contributed by atoms with Crippen LogP contribution in [-0.4, -0.2) is 10.7 Å². The molecule has 0 spiro atoms. The first-order valence-electron chi connectivity index (χ1n) is 7.85. The Hall–Kier alpha value is -1.33. The van der Waals surface area contributed by atoms with Gasteiger partial charge in [-0.1, -0.05) is 44.0 Å². The Labute approximate surface area is 121 Å². The summed E-state index contributed by atoms with van der Waals surface area (Å²) in [6, 6.07) is 11.0. The molecule has 0 radical (unpaired) electrons. The first kappa shape index (κ1) is 13.6. The third-order valence-corrected chi connectivity index (χ3v) is 5.75. The second-order valence-corrected chi connectivity index (χ2v) is 6.56. The van der Waals surface area contributed by atoms with Gasteiger partial charge < -0.3 is 5.11 Å². The molecule has 0 amide bonds. The molecule has 1 fully saturated rings. The molecule has 0 bridgehead atoms. The average Bonchev–Trinajstić information content (AvgIpc) is 2.89. The van der Waals surface area contributed by atoms with Gasteiger partial charge in [-0.15, -0.1) is 0 Å². The van der Waals surface area contributed by atoms with Crippen LogP contribution in [0.3, 0.4) is 0 Å². The molecule has 20 heavy (non-hydrogen) atoms. The summed E-state index contributed by atoms with van der Waals surface area (Å²) in [6.07, 6.45) is 6.32. The highest BCUT2D eigenvalue weighted by molar-refractivity contribution is 5.35. The lowest BCUT2D eigenvalue weighted by molar-refractivity contribution is -0.0925. The fourth-order valence-corrected chi connectivity index (χ4v) is 4.53. The van der Waals surface area contributed by atoms with Crippen LogP contribution in [0.4, 0.5) is 0 Å². The summed E-state index contributed by atoms with van der Waals surface area (Å²) in [5, 5.41) is 21.2. The fourth-order valence-electron chi connectivity index (χ4n) is 4.53. The van der Waals surface area contributed by atoms with Gasteiger partial charge in [-0.25, -0.2) is 0 Å². The summed E-state index contributed by atoms with van der Waals surface area (Å²) in [5.74, 6) is 0.285. The van der Waals surface area contributed by atoms with Gasteiger partial charge in [0, 0.05) is 0 Å². The smallest absolute Gasteiger partial charge is 0.0906 e. The Morgan fingerprint density at radius 2 is 2.05 bits per heavy atom. The van der Waals surface area contributed by atoms with Crippen LogP contribution in [0, 0.1) is 22.7 Å². The quantitative estimate of drug-likeness (QED) is 0.891. The van der Waals surface area contributed by atoms with E-state index in [2.05, 4.69) is 31.2 Å². The van der Waals surface area contributed by atoms with Crippen molar-refractivity contribution < 1.29 is 5.11 Å². The van der Waals surface area contributed by atoms with Crippen LogP contribution in [0.15, 0.2) is 24.3 Å². The van der Waals surface area contributed by atoms with Gasteiger partial charge in [-0.3, -0.25) is 0 Å². The number of nitriles is 1. The van der Waals surface area contributed by atoms with E-state index in [0.29, 0.717) is 6.42 Å². The van der Waals surface area contributed by atoms with Gasteiger partial charge in [0.2, 0.25) is 0 Å². The number of aliphatic hydroxyl groups is 1. The average molecular weight is 269 g/mol. The molecule has 2 heteroatoms. The minimum atomic E-state index is -0.788. The zero-order chi connectivity index (χ0) is 14.2. The van der Waals surface area contributed by atoms with Gasteiger partial charge >= 0.3 is 0 Å². The maximum Gasteiger partial charge on any atom is 0.0906 e. The molecule has 1 aromatic carbocycles. The maximum absolute atomic E-state index is 11.3. The minimum absolute atomic E-state index is 0.285. The van der Waals surface area contributed by atoms with E-state index < -0.39 is 11.0 Å². The van der Waals surface area contributed by atoms with E-state index in [9.17, 15) is 10.4 Å². The SMILES string of the molecule is CCC1CCCC1(O)C1(C#N)CCc2ccccc2C1. The molecule has 0 aliphatic heterocycles. The lowest BCUT2D eigenvalue weighted by Gasteiger charge is -2.46. The molecule has 1 saturated carbocycles. The Kier molecular flexibility index (Phi) is 3.34. The Bertz CT molecular complexity index is 547. The highest BCUT2D eigenvalue weighted by atomic mass is 16.3. The van der Waals surface area contributed by atoms with Crippen LogP contribution in [0.1, 0.15) is 50.2 Å². The predicted molar refractivity (Wildman–Crippen MR) is 79.1 cm³/mol. The molecule has 2 nitrogen and oxygen atoms in total. The number of nitrogens with zero attached hydrogens (tertiary/aromatic N) is 1. The van der Waals surface area contributed by atoms with Gasteiger partial charge in [0.15, 0.2) is 0 Å². The van der Waals surface area contributed by atoms with Gasteiger partial charge in [0.05, 0.1) is 17.1 Å². The largest absolute Gasteiger partial charge is 0.388 e. The van der Waals surface area contributed by atoms with Crippen LogP contribution in [0.5, 0.6) is 0 Å². The van der Waals surface area contributed by atoms with Gasteiger partial charge in [0.1, 0.15) is 0 Å². The molecule has 2 aliphatic carbocycles. The maximum atomic E-state index is 11.3. The second kappa shape index (κ2) is 4.90. The van der Waals surface area contributed by atoms with Crippen molar-refractivity contribution >= 4 is 0 Å². The lowest BCUT2D eigenvalue weighted by Crippen LogP contribution is -2.53. The summed E-state index contributed by atoms with van der Waals surface area (Å²) in [4.78, 5) is 0. The van der Waals surface area contributed by atoms with Crippen molar-refractivity contribution in [2.24, 2.45) is 11.3 Å². The van der Waals surface area contributed by atoms with Gasteiger partial charge in [0.25, 0.3) is 0 Å². The zero-order valence-electron chi connectivity index (χ0n) is 12.2. The van der Waals surface area contributed by atoms with Crippen molar-refractivity contribution in [1.29, 1.82) is 5.26 Å². The molecular formula is C18H23NO. The third kappa shape index (κ3) is 1.80. The third-order valence-electron chi connectivity index (χ3n) is 5.75. The molecule has 106 valence electrons. The first-order chi connectivity index (χ1) is 9.65. The molecule has 0 saturated heterocycles. The first-order valence-corrected chi connectivity index (χ1v) is 7.85. The van der Waals surface area contributed by atoms with E-state index in [1.165, 1.54) is 11.1 Å². The van der Waals surface area contributed by atoms with E-state index in [1.807, 2.05) is 6.07 Å². The highest BCUT2D eigenvalue weighted by Crippen LogP contribution is 2.54. The number of hydrogen-bond acceptors (Lipinski definition) is 2. The van der Waals surface area contributed by atoms with E-state index in [-0.39, 0.29) is 5.92 Å². The van der Waals surface area contributed by atoms with E-state index in [0.717, 1.165) is 38.5 Å². The Morgan fingerprint density at radius 3 is 2.75 bits per heavy atom. The molecular weight excluding hydrogens is 246 g/mol. The molecule has 0 aromatic heterocycles. The topological polar surface area (TPSA) is 44.0 Å². The van der Waals surface area contributed by atoms with Crippen molar-refractivity contribution in [2.45, 2.75) is 57.5 Å². The Morgan fingerprint density at radius 1 is 1.30 bits per heavy atom. The second-order valence-electron chi connectivity index (χ2n) is 6.56. The minimum Gasteiger partial charge on any atom is -0.388 e. The van der Waals surface area contributed by atoms with Crippen molar-refractivity contribution in [3.8, 4) is 6.07 Å². The van der Waals surface area contributed by atoms with Crippen LogP contribution in [0.2, 0.25) is 0 Å². The lowest BCUT2D eigenvalue weighted by atomic mass is 9.59. The van der Waals surface area contributed by atoms with Crippen molar-refractivity contribution in [2.75, 3.05) is 0 Å². The summed E-state index contributed by atoms with van der Waals surface area (Å²) in [5.41, 5.74) is 1.24. The molecule has 3 rings (SSSR count). The number of benzene rings is 1. The molecule has 1 aromatic rings. The monoisotopic (exact) mass is 269 g/mol.